The van der Waals surface area contributed by atoms with Gasteiger partial charge in [-0.3, -0.25) is 4.79 Å². The second-order valence-electron chi connectivity index (χ2n) is 8.34. The van der Waals surface area contributed by atoms with Crippen molar-refractivity contribution >= 4 is 17.5 Å². The molecule has 0 bridgehead atoms. The minimum atomic E-state index is 0.109. The van der Waals surface area contributed by atoms with Crippen LogP contribution in [0.4, 0.5) is 0 Å². The molecule has 30 heavy (non-hydrogen) atoms. The number of amides is 1. The van der Waals surface area contributed by atoms with Crippen LogP contribution < -0.4 is 0 Å². The summed E-state index contributed by atoms with van der Waals surface area (Å²) in [6, 6.07) is 22.8. The zero-order chi connectivity index (χ0) is 21.1. The minimum absolute atomic E-state index is 0.109. The van der Waals surface area contributed by atoms with E-state index < -0.39 is 0 Å². The Morgan fingerprint density at radius 1 is 1.13 bits per heavy atom. The van der Waals surface area contributed by atoms with Crippen LogP contribution in [-0.4, -0.2) is 21.4 Å². The summed E-state index contributed by atoms with van der Waals surface area (Å²) in [5, 5.41) is 0.748. The average Bonchev–Trinajstić information content (AvgIpc) is 3.45. The van der Waals surface area contributed by atoms with Crippen molar-refractivity contribution in [3.8, 4) is 0 Å². The lowest BCUT2D eigenvalue weighted by atomic mass is 10.1. The third kappa shape index (κ3) is 4.62. The molecule has 156 valence electrons. The van der Waals surface area contributed by atoms with Crippen molar-refractivity contribution in [3.63, 3.8) is 0 Å². The van der Waals surface area contributed by atoms with E-state index in [1.54, 1.807) is 0 Å². The van der Waals surface area contributed by atoms with Crippen LogP contribution in [0.3, 0.4) is 0 Å². The summed E-state index contributed by atoms with van der Waals surface area (Å²) in [5.74, 6) is 0.759. The van der Waals surface area contributed by atoms with Crippen LogP contribution >= 0.6 is 11.6 Å². The molecule has 0 unspecified atom stereocenters. The van der Waals surface area contributed by atoms with Gasteiger partial charge in [-0.05, 0) is 61.1 Å². The molecule has 0 spiro atoms. The molecule has 4 rings (SSSR count). The Morgan fingerprint density at radius 2 is 1.93 bits per heavy atom. The van der Waals surface area contributed by atoms with E-state index in [1.807, 2.05) is 24.3 Å². The van der Waals surface area contributed by atoms with Crippen LogP contribution in [0, 0.1) is 5.92 Å². The van der Waals surface area contributed by atoms with Gasteiger partial charge in [0.05, 0.1) is 6.54 Å². The molecule has 0 N–H and O–H groups in total. The quantitative estimate of drug-likeness (QED) is 0.431. The molecule has 1 fully saturated rings. The van der Waals surface area contributed by atoms with Gasteiger partial charge in [0.25, 0.3) is 0 Å². The van der Waals surface area contributed by atoms with Crippen LogP contribution in [0.15, 0.2) is 72.9 Å². The van der Waals surface area contributed by atoms with E-state index in [2.05, 4.69) is 72.0 Å². The van der Waals surface area contributed by atoms with Crippen molar-refractivity contribution in [1.82, 2.24) is 9.47 Å². The number of carbonyl (C=O) groups is 1. The molecule has 0 radical (unpaired) electrons. The summed E-state index contributed by atoms with van der Waals surface area (Å²) in [7, 11) is 0. The zero-order valence-corrected chi connectivity index (χ0v) is 18.4. The number of benzene rings is 2. The molecule has 1 heterocycles. The first-order valence-corrected chi connectivity index (χ1v) is 11.2. The Bertz CT molecular complexity index is 997. The lowest BCUT2D eigenvalue weighted by molar-refractivity contribution is -0.135. The van der Waals surface area contributed by atoms with Crippen molar-refractivity contribution in [3.05, 3.63) is 94.8 Å². The van der Waals surface area contributed by atoms with Crippen LogP contribution in [0.2, 0.25) is 5.02 Å². The van der Waals surface area contributed by atoms with Gasteiger partial charge in [0.2, 0.25) is 5.91 Å². The second kappa shape index (κ2) is 9.09. The molecule has 0 saturated heterocycles. The Kier molecular flexibility index (Phi) is 6.29. The molecule has 1 amide bonds. The van der Waals surface area contributed by atoms with Crippen LogP contribution in [0.25, 0.3) is 0 Å². The van der Waals surface area contributed by atoms with E-state index >= 15 is 0 Å². The molecule has 0 aliphatic heterocycles. The fourth-order valence-corrected chi connectivity index (χ4v) is 4.39. The first-order valence-electron chi connectivity index (χ1n) is 10.8. The first-order chi connectivity index (χ1) is 14.6. The fraction of sp³-hybridized carbons (Fsp3) is 0.346. The van der Waals surface area contributed by atoms with Crippen molar-refractivity contribution in [2.45, 2.75) is 51.7 Å². The van der Waals surface area contributed by atoms with Gasteiger partial charge in [-0.25, -0.2) is 0 Å². The summed E-state index contributed by atoms with van der Waals surface area (Å²) in [4.78, 5) is 15.5. The maximum Gasteiger partial charge on any atom is 0.226 e. The van der Waals surface area contributed by atoms with Gasteiger partial charge in [0.1, 0.15) is 0 Å². The van der Waals surface area contributed by atoms with Gasteiger partial charge in [-0.2, -0.15) is 0 Å². The molecule has 1 aliphatic rings. The van der Waals surface area contributed by atoms with Crippen molar-refractivity contribution < 1.29 is 4.79 Å². The largest absolute Gasteiger partial charge is 0.345 e. The lowest BCUT2D eigenvalue weighted by Crippen LogP contribution is -2.39. The van der Waals surface area contributed by atoms with Crippen molar-refractivity contribution in [1.29, 1.82) is 0 Å². The van der Waals surface area contributed by atoms with Gasteiger partial charge in [-0.15, -0.1) is 0 Å². The topological polar surface area (TPSA) is 25.2 Å². The number of nitrogens with zero attached hydrogens (tertiary/aromatic N) is 2. The highest BCUT2D eigenvalue weighted by atomic mass is 35.5. The number of hydrogen-bond acceptors (Lipinski definition) is 1. The van der Waals surface area contributed by atoms with Gasteiger partial charge in [0.15, 0.2) is 0 Å². The highest BCUT2D eigenvalue weighted by molar-refractivity contribution is 6.30. The normalized spacial score (nSPS) is 18.8. The Hall–Kier alpha value is -2.52. The Balaban J connectivity index is 1.49. The molecular weight excluding hydrogens is 392 g/mol. The average molecular weight is 421 g/mol. The number of rotatable bonds is 8. The van der Waals surface area contributed by atoms with Gasteiger partial charge >= 0.3 is 0 Å². The van der Waals surface area contributed by atoms with E-state index in [9.17, 15) is 4.79 Å². The monoisotopic (exact) mass is 420 g/mol. The Morgan fingerprint density at radius 3 is 2.67 bits per heavy atom. The Labute approximate surface area is 184 Å². The highest BCUT2D eigenvalue weighted by Gasteiger charge is 2.46. The van der Waals surface area contributed by atoms with E-state index in [1.165, 1.54) is 5.56 Å². The smallest absolute Gasteiger partial charge is 0.226 e. The van der Waals surface area contributed by atoms with Crippen LogP contribution in [0.5, 0.6) is 0 Å². The first kappa shape index (κ1) is 20.7. The van der Waals surface area contributed by atoms with Gasteiger partial charge in [0, 0.05) is 35.4 Å². The maximum atomic E-state index is 13.4. The predicted octanol–water partition coefficient (Wildman–Crippen LogP) is 6.12. The lowest BCUT2D eigenvalue weighted by Gasteiger charge is -2.29. The third-order valence-corrected chi connectivity index (χ3v) is 6.47. The van der Waals surface area contributed by atoms with E-state index in [-0.39, 0.29) is 17.9 Å². The molecule has 1 aromatic heterocycles. The summed E-state index contributed by atoms with van der Waals surface area (Å²) in [6.07, 6.45) is 3.99. The van der Waals surface area contributed by atoms with E-state index in [0.717, 1.165) is 35.7 Å². The molecule has 3 nitrogen and oxygen atoms in total. The summed E-state index contributed by atoms with van der Waals surface area (Å²) >= 11 is 6.15. The third-order valence-electron chi connectivity index (χ3n) is 6.24. The molecule has 1 aliphatic carbocycles. The van der Waals surface area contributed by atoms with Crippen molar-refractivity contribution in [2.24, 2.45) is 5.92 Å². The highest BCUT2D eigenvalue weighted by Crippen LogP contribution is 2.48. The fourth-order valence-electron chi connectivity index (χ4n) is 4.17. The number of carbonyl (C=O) groups excluding carboxylic acids is 1. The standard InChI is InChI=1S/C26H29ClN2O/c1-3-19(2)29(26(30)25-16-24(25)21-10-5-4-6-11-21)18-23-13-8-14-28(23)17-20-9-7-12-22(27)15-20/h4-15,19,24-25H,3,16-18H2,1-2H3/t19-,24+,25+/m1/s1. The second-order valence-corrected chi connectivity index (χ2v) is 8.78. The molecule has 3 aromatic rings. The van der Waals surface area contributed by atoms with Crippen molar-refractivity contribution in [2.75, 3.05) is 0 Å². The maximum absolute atomic E-state index is 13.4. The van der Waals surface area contributed by atoms with Gasteiger partial charge in [-0.1, -0.05) is 61.0 Å². The van der Waals surface area contributed by atoms with Crippen LogP contribution in [-0.2, 0) is 17.9 Å². The zero-order valence-electron chi connectivity index (χ0n) is 17.7. The summed E-state index contributed by atoms with van der Waals surface area (Å²) in [5.41, 5.74) is 3.59. The SMILES string of the molecule is CC[C@@H](C)N(Cc1cccn1Cc1cccc(Cl)c1)C(=O)[C@H]1C[C@H]1c1ccccc1. The van der Waals surface area contributed by atoms with E-state index in [0.29, 0.717) is 12.5 Å². The molecule has 4 heteroatoms. The number of aromatic nitrogens is 1. The predicted molar refractivity (Wildman–Crippen MR) is 123 cm³/mol. The summed E-state index contributed by atoms with van der Waals surface area (Å²) < 4.78 is 2.22. The molecule has 2 aromatic carbocycles. The van der Waals surface area contributed by atoms with Gasteiger partial charge < -0.3 is 9.47 Å². The minimum Gasteiger partial charge on any atom is -0.345 e. The molecular formula is C26H29ClN2O. The molecule has 1 saturated carbocycles. The molecule has 3 atom stereocenters. The number of halogens is 1. The summed E-state index contributed by atoms with van der Waals surface area (Å²) in [6.45, 7) is 5.69. The van der Waals surface area contributed by atoms with Crippen LogP contribution in [0.1, 0.15) is 49.4 Å². The van der Waals surface area contributed by atoms with E-state index in [4.69, 9.17) is 11.6 Å². The number of hydrogen-bond donors (Lipinski definition) is 0.